The summed E-state index contributed by atoms with van der Waals surface area (Å²) in [5.74, 6) is 1.22. The second kappa shape index (κ2) is 8.20. The highest BCUT2D eigenvalue weighted by Crippen LogP contribution is 2.30. The number of hydrogen-bond donors (Lipinski definition) is 2. The van der Waals surface area contributed by atoms with E-state index in [-0.39, 0.29) is 6.03 Å². The first-order valence-corrected chi connectivity index (χ1v) is 9.30. The molecule has 6 nitrogen and oxygen atoms in total. The average Bonchev–Trinajstić information content (AvgIpc) is 2.95. The Balaban J connectivity index is 1.69. The molecule has 0 radical (unpaired) electrons. The first-order chi connectivity index (χ1) is 12.2. The maximum Gasteiger partial charge on any atom is 0.325 e. The van der Waals surface area contributed by atoms with Crippen molar-refractivity contribution >= 4 is 28.2 Å². The summed E-state index contributed by atoms with van der Waals surface area (Å²) in [4.78, 5) is 18.2. The number of carbonyl (C=O) groups is 1. The molecule has 25 heavy (non-hydrogen) atoms. The molecule has 1 aliphatic rings. The van der Waals surface area contributed by atoms with Crippen molar-refractivity contribution < 1.29 is 14.3 Å². The van der Waals surface area contributed by atoms with Crippen molar-refractivity contribution in [1.29, 1.82) is 0 Å². The van der Waals surface area contributed by atoms with Gasteiger partial charge in [-0.25, -0.2) is 9.78 Å². The zero-order valence-electron chi connectivity index (χ0n) is 14.6. The number of urea groups is 1. The van der Waals surface area contributed by atoms with Gasteiger partial charge in [0.1, 0.15) is 11.5 Å². The summed E-state index contributed by atoms with van der Waals surface area (Å²) < 4.78 is 10.5. The lowest BCUT2D eigenvalue weighted by Crippen LogP contribution is -2.19. The van der Waals surface area contributed by atoms with Gasteiger partial charge in [0.25, 0.3) is 0 Å². The molecule has 1 aliphatic carbocycles. The maximum atomic E-state index is 12.3. The second-order valence-corrected chi connectivity index (χ2v) is 7.03. The molecule has 1 heterocycles. The van der Waals surface area contributed by atoms with Gasteiger partial charge in [0.15, 0.2) is 5.13 Å². The highest BCUT2D eigenvalue weighted by atomic mass is 32.1. The summed E-state index contributed by atoms with van der Waals surface area (Å²) in [6.07, 6.45) is 6.95. The maximum absolute atomic E-state index is 12.3. The fourth-order valence-electron chi connectivity index (χ4n) is 2.92. The third kappa shape index (κ3) is 4.42. The standard InChI is InChI=1S/C18H23N3O3S/c1-23-12-9-10-15(24-2)14(11-12)19-17(22)21-18-20-13-7-5-3-4-6-8-16(13)25-18/h9-11H,3-8H2,1-2H3,(H2,19,20,21,22). The molecular weight excluding hydrogens is 338 g/mol. The lowest BCUT2D eigenvalue weighted by molar-refractivity contribution is 0.262. The number of ether oxygens (including phenoxy) is 2. The summed E-state index contributed by atoms with van der Waals surface area (Å²) >= 11 is 1.58. The van der Waals surface area contributed by atoms with E-state index in [1.165, 1.54) is 30.6 Å². The van der Waals surface area contributed by atoms with Crippen molar-refractivity contribution in [3.8, 4) is 11.5 Å². The van der Waals surface area contributed by atoms with Gasteiger partial charge in [0, 0.05) is 10.9 Å². The van der Waals surface area contributed by atoms with E-state index in [1.807, 2.05) is 0 Å². The third-order valence-corrected chi connectivity index (χ3v) is 5.29. The molecule has 0 saturated heterocycles. The summed E-state index contributed by atoms with van der Waals surface area (Å²) in [7, 11) is 3.14. The van der Waals surface area contributed by atoms with E-state index in [4.69, 9.17) is 9.47 Å². The highest BCUT2D eigenvalue weighted by Gasteiger charge is 2.15. The fraction of sp³-hybridized carbons (Fsp3) is 0.444. The number of aromatic nitrogens is 1. The summed E-state index contributed by atoms with van der Waals surface area (Å²) in [6, 6.07) is 4.92. The lowest BCUT2D eigenvalue weighted by atomic mass is 10.0. The minimum atomic E-state index is -0.340. The summed E-state index contributed by atoms with van der Waals surface area (Å²) in [5.41, 5.74) is 1.69. The Bertz CT molecular complexity index is 720. The van der Waals surface area contributed by atoms with Crippen LogP contribution in [0.1, 0.15) is 36.3 Å². The average molecular weight is 361 g/mol. The highest BCUT2D eigenvalue weighted by molar-refractivity contribution is 7.15. The van der Waals surface area contributed by atoms with E-state index in [0.29, 0.717) is 22.3 Å². The number of hydrogen-bond acceptors (Lipinski definition) is 5. The number of nitrogens with one attached hydrogen (secondary N) is 2. The topological polar surface area (TPSA) is 72.5 Å². The molecule has 2 amide bonds. The number of carbonyl (C=O) groups excluding carboxylic acids is 1. The number of anilines is 2. The second-order valence-electron chi connectivity index (χ2n) is 5.95. The van der Waals surface area contributed by atoms with Crippen molar-refractivity contribution in [3.63, 3.8) is 0 Å². The molecule has 2 aromatic rings. The van der Waals surface area contributed by atoms with Crippen LogP contribution in [-0.2, 0) is 12.8 Å². The van der Waals surface area contributed by atoms with Crippen LogP contribution in [0.25, 0.3) is 0 Å². The first kappa shape index (κ1) is 17.5. The van der Waals surface area contributed by atoms with Gasteiger partial charge in [-0.05, 0) is 37.8 Å². The Hall–Kier alpha value is -2.28. The molecule has 0 fully saturated rings. The molecule has 1 aromatic carbocycles. The smallest absolute Gasteiger partial charge is 0.325 e. The minimum Gasteiger partial charge on any atom is -0.497 e. The number of fused-ring (bicyclic) bond motifs is 1. The van der Waals surface area contributed by atoms with Crippen LogP contribution in [0.5, 0.6) is 11.5 Å². The zero-order valence-corrected chi connectivity index (χ0v) is 15.4. The molecule has 2 N–H and O–H groups in total. The molecule has 0 saturated carbocycles. The Morgan fingerprint density at radius 1 is 1.08 bits per heavy atom. The normalized spacial score (nSPS) is 14.0. The van der Waals surface area contributed by atoms with E-state index >= 15 is 0 Å². The van der Waals surface area contributed by atoms with Crippen LogP contribution in [0.3, 0.4) is 0 Å². The van der Waals surface area contributed by atoms with Crippen molar-refractivity contribution in [2.75, 3.05) is 24.9 Å². The van der Waals surface area contributed by atoms with Crippen molar-refractivity contribution in [2.45, 2.75) is 38.5 Å². The Morgan fingerprint density at radius 3 is 2.64 bits per heavy atom. The van der Waals surface area contributed by atoms with Crippen LogP contribution in [0.4, 0.5) is 15.6 Å². The van der Waals surface area contributed by atoms with Crippen molar-refractivity contribution in [3.05, 3.63) is 28.8 Å². The number of methoxy groups -OCH3 is 2. The van der Waals surface area contributed by atoms with Gasteiger partial charge in [-0.1, -0.05) is 12.8 Å². The predicted octanol–water partition coefficient (Wildman–Crippen LogP) is 4.46. The van der Waals surface area contributed by atoms with Crippen LogP contribution in [0.15, 0.2) is 18.2 Å². The van der Waals surface area contributed by atoms with Gasteiger partial charge in [-0.3, -0.25) is 5.32 Å². The summed E-state index contributed by atoms with van der Waals surface area (Å²) in [6.45, 7) is 0. The van der Waals surface area contributed by atoms with Crippen LogP contribution < -0.4 is 20.1 Å². The molecule has 0 aliphatic heterocycles. The number of rotatable bonds is 4. The van der Waals surface area contributed by atoms with Gasteiger partial charge in [-0.15, -0.1) is 11.3 Å². The SMILES string of the molecule is COc1ccc(OC)c(NC(=O)Nc2nc3c(s2)CCCCCC3)c1. The van der Waals surface area contributed by atoms with Gasteiger partial charge in [0.05, 0.1) is 25.6 Å². The number of aryl methyl sites for hydroxylation is 2. The van der Waals surface area contributed by atoms with Gasteiger partial charge in [-0.2, -0.15) is 0 Å². The summed E-state index contributed by atoms with van der Waals surface area (Å²) in [5, 5.41) is 6.28. The molecule has 1 aromatic heterocycles. The van der Waals surface area contributed by atoms with Crippen LogP contribution in [0.2, 0.25) is 0 Å². The number of nitrogens with zero attached hydrogens (tertiary/aromatic N) is 1. The lowest BCUT2D eigenvalue weighted by Gasteiger charge is -2.11. The number of amides is 2. The molecule has 0 spiro atoms. The fourth-order valence-corrected chi connectivity index (χ4v) is 3.97. The molecule has 0 unspecified atom stereocenters. The Labute approximate surface area is 151 Å². The quantitative estimate of drug-likeness (QED) is 0.843. The van der Waals surface area contributed by atoms with Gasteiger partial charge < -0.3 is 14.8 Å². The van der Waals surface area contributed by atoms with E-state index in [1.54, 1.807) is 43.8 Å². The number of thiazole rings is 1. The predicted molar refractivity (Wildman–Crippen MR) is 100 cm³/mol. The Morgan fingerprint density at radius 2 is 1.88 bits per heavy atom. The molecule has 0 bridgehead atoms. The van der Waals surface area contributed by atoms with Crippen LogP contribution in [-0.4, -0.2) is 25.2 Å². The van der Waals surface area contributed by atoms with Crippen LogP contribution >= 0.6 is 11.3 Å². The monoisotopic (exact) mass is 361 g/mol. The molecule has 3 rings (SSSR count). The van der Waals surface area contributed by atoms with Crippen molar-refractivity contribution in [1.82, 2.24) is 4.98 Å². The molecular formula is C18H23N3O3S. The Kier molecular flexibility index (Phi) is 5.75. The van der Waals surface area contributed by atoms with Gasteiger partial charge >= 0.3 is 6.03 Å². The number of benzene rings is 1. The van der Waals surface area contributed by atoms with Gasteiger partial charge in [0.2, 0.25) is 0 Å². The van der Waals surface area contributed by atoms with E-state index < -0.39 is 0 Å². The molecule has 7 heteroatoms. The van der Waals surface area contributed by atoms with Crippen LogP contribution in [0, 0.1) is 0 Å². The van der Waals surface area contributed by atoms with E-state index in [9.17, 15) is 4.79 Å². The minimum absolute atomic E-state index is 0.340. The first-order valence-electron chi connectivity index (χ1n) is 8.48. The zero-order chi connectivity index (χ0) is 17.6. The van der Waals surface area contributed by atoms with Crippen molar-refractivity contribution in [2.24, 2.45) is 0 Å². The third-order valence-electron chi connectivity index (χ3n) is 4.22. The molecule has 0 atom stereocenters. The van der Waals surface area contributed by atoms with E-state index in [2.05, 4.69) is 15.6 Å². The molecule has 134 valence electrons. The van der Waals surface area contributed by atoms with E-state index in [0.717, 1.165) is 18.5 Å². The largest absolute Gasteiger partial charge is 0.497 e.